The Bertz CT molecular complexity index is 2270. The Morgan fingerprint density at radius 3 is 1.30 bits per heavy atom. The van der Waals surface area contributed by atoms with Crippen LogP contribution >= 0.6 is 0 Å². The summed E-state index contributed by atoms with van der Waals surface area (Å²) in [6.07, 6.45) is 0. The van der Waals surface area contributed by atoms with Crippen molar-refractivity contribution in [2.75, 3.05) is 73.0 Å². The van der Waals surface area contributed by atoms with E-state index in [-0.39, 0.29) is 11.8 Å². The standard InChI is InChI=1S/C42H38N8O4/c51-41(29-5-15-35-37(25-29)47-39(45-35)27-1-11-33(12-2-27)49-17-21-53-22-18-49)43-31-7-9-32(10-8-31)44-42(52)30-6-16-36-38(26-30)48-40(46-36)28-3-13-34(14-4-28)50-19-23-54-24-20-50/h1-16,25-26H,17-24H2,(H,43,51)(H,44,52)(H,45,47)(H,46,48). The van der Waals surface area contributed by atoms with Gasteiger partial charge in [0.15, 0.2) is 0 Å². The maximum absolute atomic E-state index is 13.2. The first-order valence-electron chi connectivity index (χ1n) is 18.1. The highest BCUT2D eigenvalue weighted by molar-refractivity contribution is 6.07. The molecule has 12 heteroatoms. The number of morpholine rings is 2. The summed E-state index contributed by atoms with van der Waals surface area (Å²) in [7, 11) is 0. The second kappa shape index (κ2) is 14.5. The van der Waals surface area contributed by atoms with Crippen LogP contribution in [0.3, 0.4) is 0 Å². The van der Waals surface area contributed by atoms with Gasteiger partial charge in [-0.05, 0) is 109 Å². The summed E-state index contributed by atoms with van der Waals surface area (Å²) in [5.41, 5.74) is 9.55. The fraction of sp³-hybridized carbons (Fsp3) is 0.190. The highest BCUT2D eigenvalue weighted by atomic mass is 16.5. The molecule has 9 rings (SSSR count). The van der Waals surface area contributed by atoms with E-state index < -0.39 is 0 Å². The number of aromatic amines is 2. The number of aromatic nitrogens is 4. The molecule has 0 atom stereocenters. The lowest BCUT2D eigenvalue weighted by Gasteiger charge is -2.28. The molecule has 2 aliphatic heterocycles. The number of fused-ring (bicyclic) bond motifs is 2. The van der Waals surface area contributed by atoms with E-state index in [0.717, 1.165) is 97.8 Å². The highest BCUT2D eigenvalue weighted by Crippen LogP contribution is 2.27. The van der Waals surface area contributed by atoms with Crippen molar-refractivity contribution in [2.45, 2.75) is 0 Å². The largest absolute Gasteiger partial charge is 0.378 e. The van der Waals surface area contributed by atoms with E-state index in [1.54, 1.807) is 48.5 Å². The maximum atomic E-state index is 13.2. The molecule has 0 unspecified atom stereocenters. The van der Waals surface area contributed by atoms with Gasteiger partial charge in [-0.25, -0.2) is 9.97 Å². The van der Waals surface area contributed by atoms with Gasteiger partial charge in [-0.1, -0.05) is 0 Å². The molecular weight excluding hydrogens is 681 g/mol. The fourth-order valence-electron chi connectivity index (χ4n) is 6.91. The van der Waals surface area contributed by atoms with Crippen molar-refractivity contribution in [1.82, 2.24) is 19.9 Å². The number of benzene rings is 5. The summed E-state index contributed by atoms with van der Waals surface area (Å²) in [6, 6.07) is 34.5. The summed E-state index contributed by atoms with van der Waals surface area (Å²) >= 11 is 0. The van der Waals surface area contributed by atoms with Gasteiger partial charge in [0.2, 0.25) is 0 Å². The third kappa shape index (κ3) is 6.99. The van der Waals surface area contributed by atoms with Crippen LogP contribution in [0.5, 0.6) is 0 Å². The Labute approximate surface area is 311 Å². The van der Waals surface area contributed by atoms with E-state index in [2.05, 4.69) is 78.9 Å². The molecule has 0 bridgehead atoms. The molecule has 4 N–H and O–H groups in total. The quantitative estimate of drug-likeness (QED) is 0.132. The molecule has 270 valence electrons. The predicted octanol–water partition coefficient (Wildman–Crippen LogP) is 6.95. The Balaban J connectivity index is 0.820. The van der Waals surface area contributed by atoms with Gasteiger partial charge in [0.25, 0.3) is 11.8 Å². The van der Waals surface area contributed by atoms with E-state index in [1.807, 2.05) is 12.1 Å². The van der Waals surface area contributed by atoms with Crippen molar-refractivity contribution < 1.29 is 19.1 Å². The first-order chi connectivity index (χ1) is 26.5. The topological polar surface area (TPSA) is 140 Å². The van der Waals surface area contributed by atoms with E-state index >= 15 is 0 Å². The van der Waals surface area contributed by atoms with Crippen molar-refractivity contribution in [1.29, 1.82) is 0 Å². The third-order valence-electron chi connectivity index (χ3n) is 9.93. The summed E-state index contributed by atoms with van der Waals surface area (Å²) < 4.78 is 10.9. The average molecular weight is 719 g/mol. The fourth-order valence-corrected chi connectivity index (χ4v) is 6.91. The molecule has 2 fully saturated rings. The normalized spacial score (nSPS) is 14.7. The van der Waals surface area contributed by atoms with Gasteiger partial charge in [0, 0.05) is 71.2 Å². The summed E-state index contributed by atoms with van der Waals surface area (Å²) in [4.78, 5) is 47.3. The number of hydrogen-bond acceptors (Lipinski definition) is 8. The molecule has 2 aromatic heterocycles. The molecular formula is C42H38N8O4. The number of carbonyl (C=O) groups is 2. The van der Waals surface area contributed by atoms with Crippen LogP contribution in [0.15, 0.2) is 109 Å². The average Bonchev–Trinajstić information content (AvgIpc) is 3.87. The van der Waals surface area contributed by atoms with Crippen LogP contribution in [-0.4, -0.2) is 84.4 Å². The summed E-state index contributed by atoms with van der Waals surface area (Å²) in [5.74, 6) is 0.974. The van der Waals surface area contributed by atoms with E-state index in [0.29, 0.717) is 33.5 Å². The van der Waals surface area contributed by atoms with Crippen molar-refractivity contribution in [3.63, 3.8) is 0 Å². The smallest absolute Gasteiger partial charge is 0.255 e. The van der Waals surface area contributed by atoms with Gasteiger partial charge in [-0.2, -0.15) is 0 Å². The number of rotatable bonds is 8. The van der Waals surface area contributed by atoms with Crippen LogP contribution in [0.4, 0.5) is 22.7 Å². The van der Waals surface area contributed by atoms with Crippen molar-refractivity contribution >= 4 is 56.6 Å². The number of nitrogens with zero attached hydrogens (tertiary/aromatic N) is 4. The number of carbonyl (C=O) groups excluding carboxylic acids is 2. The number of anilines is 4. The van der Waals surface area contributed by atoms with E-state index in [4.69, 9.17) is 19.4 Å². The highest BCUT2D eigenvalue weighted by Gasteiger charge is 2.16. The third-order valence-corrected chi connectivity index (χ3v) is 9.93. The van der Waals surface area contributed by atoms with Gasteiger partial charge in [0.05, 0.1) is 48.5 Å². The van der Waals surface area contributed by atoms with E-state index in [1.165, 1.54) is 0 Å². The molecule has 2 amide bonds. The first kappa shape index (κ1) is 33.3. The van der Waals surface area contributed by atoms with Crippen LogP contribution in [0.1, 0.15) is 20.7 Å². The van der Waals surface area contributed by atoms with Crippen LogP contribution in [0, 0.1) is 0 Å². The Morgan fingerprint density at radius 1 is 0.519 bits per heavy atom. The number of imidazole rings is 2. The van der Waals surface area contributed by atoms with Crippen LogP contribution in [0.25, 0.3) is 44.8 Å². The zero-order chi connectivity index (χ0) is 36.4. The molecule has 54 heavy (non-hydrogen) atoms. The molecule has 4 heterocycles. The van der Waals surface area contributed by atoms with E-state index in [9.17, 15) is 9.59 Å². The number of amides is 2. The Kier molecular flexibility index (Phi) is 8.95. The lowest BCUT2D eigenvalue weighted by Crippen LogP contribution is -2.36. The predicted molar refractivity (Wildman–Crippen MR) is 211 cm³/mol. The van der Waals surface area contributed by atoms with Gasteiger partial charge >= 0.3 is 0 Å². The maximum Gasteiger partial charge on any atom is 0.255 e. The van der Waals surface area contributed by atoms with Crippen molar-refractivity contribution in [3.8, 4) is 22.8 Å². The molecule has 0 radical (unpaired) electrons. The zero-order valence-corrected chi connectivity index (χ0v) is 29.5. The Hall–Kier alpha value is -6.50. The minimum absolute atomic E-state index is 0.257. The lowest BCUT2D eigenvalue weighted by molar-refractivity contribution is 0.101. The van der Waals surface area contributed by atoms with Crippen molar-refractivity contribution in [3.05, 3.63) is 120 Å². The van der Waals surface area contributed by atoms with Crippen LogP contribution in [0.2, 0.25) is 0 Å². The summed E-state index contributed by atoms with van der Waals surface area (Å²) in [6.45, 7) is 6.50. The molecule has 5 aromatic carbocycles. The van der Waals surface area contributed by atoms with Gasteiger partial charge in [-0.3, -0.25) is 9.59 Å². The van der Waals surface area contributed by atoms with Crippen molar-refractivity contribution in [2.24, 2.45) is 0 Å². The van der Waals surface area contributed by atoms with Gasteiger partial charge in [0.1, 0.15) is 11.6 Å². The number of H-pyrrole nitrogens is 2. The minimum atomic E-state index is -0.257. The molecule has 2 aliphatic rings. The number of hydrogen-bond donors (Lipinski definition) is 4. The second-order valence-corrected chi connectivity index (χ2v) is 13.4. The number of nitrogens with one attached hydrogen (secondary N) is 4. The van der Waals surface area contributed by atoms with Crippen LogP contribution in [-0.2, 0) is 9.47 Å². The number of ether oxygens (including phenoxy) is 2. The zero-order valence-electron chi connectivity index (χ0n) is 29.5. The van der Waals surface area contributed by atoms with Gasteiger partial charge < -0.3 is 39.9 Å². The van der Waals surface area contributed by atoms with Crippen LogP contribution < -0.4 is 20.4 Å². The molecule has 0 spiro atoms. The Morgan fingerprint density at radius 2 is 0.907 bits per heavy atom. The summed E-state index contributed by atoms with van der Waals surface area (Å²) in [5, 5.41) is 5.89. The van der Waals surface area contributed by atoms with Gasteiger partial charge in [-0.15, -0.1) is 0 Å². The lowest BCUT2D eigenvalue weighted by atomic mass is 10.1. The molecule has 0 aliphatic carbocycles. The second-order valence-electron chi connectivity index (χ2n) is 13.4. The molecule has 2 saturated heterocycles. The first-order valence-corrected chi connectivity index (χ1v) is 18.1. The molecule has 12 nitrogen and oxygen atoms in total. The SMILES string of the molecule is O=C(Nc1ccc(NC(=O)c2ccc3[nH]c(-c4ccc(N5CCOCC5)cc4)nc3c2)cc1)c1ccc2[nH]c(-c3ccc(N4CCOCC4)cc3)nc2c1. The minimum Gasteiger partial charge on any atom is -0.378 e. The molecule has 0 saturated carbocycles. The monoisotopic (exact) mass is 718 g/mol. The molecule has 7 aromatic rings.